The quantitative estimate of drug-likeness (QED) is 0.458. The molecular formula is C26H24N4O2. The second-order valence-corrected chi connectivity index (χ2v) is 8.07. The molecule has 0 aliphatic heterocycles. The van der Waals surface area contributed by atoms with Crippen LogP contribution in [-0.4, -0.2) is 21.5 Å². The molecule has 0 saturated carbocycles. The first-order valence-electron chi connectivity index (χ1n) is 10.5. The number of aromatic nitrogens is 3. The SMILES string of the molecule is COc1ccc(Cn2c(=O)c3c(N)n(-c4cc(C)ccc4C)nc3c3ccccc32)cc1. The zero-order chi connectivity index (χ0) is 22.4. The van der Waals surface area contributed by atoms with Crippen LogP contribution in [0.5, 0.6) is 5.75 Å². The number of hydrogen-bond donors (Lipinski definition) is 1. The minimum atomic E-state index is -0.149. The number of rotatable bonds is 4. The van der Waals surface area contributed by atoms with Crippen LogP contribution in [0.2, 0.25) is 0 Å². The highest BCUT2D eigenvalue weighted by Gasteiger charge is 2.20. The van der Waals surface area contributed by atoms with E-state index in [0.717, 1.165) is 39.0 Å². The van der Waals surface area contributed by atoms with Gasteiger partial charge < -0.3 is 15.0 Å². The number of hydrogen-bond acceptors (Lipinski definition) is 4. The van der Waals surface area contributed by atoms with Crippen molar-refractivity contribution in [1.29, 1.82) is 0 Å². The molecule has 2 N–H and O–H groups in total. The zero-order valence-electron chi connectivity index (χ0n) is 18.3. The first-order chi connectivity index (χ1) is 15.5. The Labute approximate surface area is 185 Å². The largest absolute Gasteiger partial charge is 0.497 e. The maximum atomic E-state index is 13.7. The van der Waals surface area contributed by atoms with Crippen LogP contribution in [0.1, 0.15) is 16.7 Å². The number of aryl methyl sites for hydroxylation is 2. The van der Waals surface area contributed by atoms with E-state index in [0.29, 0.717) is 23.3 Å². The lowest BCUT2D eigenvalue weighted by atomic mass is 10.1. The number of benzene rings is 3. The zero-order valence-corrected chi connectivity index (χ0v) is 18.3. The highest BCUT2D eigenvalue weighted by Crippen LogP contribution is 2.29. The fraction of sp³-hybridized carbons (Fsp3) is 0.154. The van der Waals surface area contributed by atoms with Crippen molar-refractivity contribution in [3.05, 3.63) is 93.8 Å². The minimum absolute atomic E-state index is 0.149. The summed E-state index contributed by atoms with van der Waals surface area (Å²) in [5, 5.41) is 6.14. The van der Waals surface area contributed by atoms with Gasteiger partial charge in [-0.25, -0.2) is 4.68 Å². The molecule has 0 aliphatic carbocycles. The van der Waals surface area contributed by atoms with Crippen molar-refractivity contribution >= 4 is 27.6 Å². The monoisotopic (exact) mass is 424 g/mol. The van der Waals surface area contributed by atoms with Crippen LogP contribution in [0.15, 0.2) is 71.5 Å². The summed E-state index contributed by atoms with van der Waals surface area (Å²) in [6.45, 7) is 4.47. The van der Waals surface area contributed by atoms with Gasteiger partial charge >= 0.3 is 0 Å². The first-order valence-corrected chi connectivity index (χ1v) is 10.5. The lowest BCUT2D eigenvalue weighted by Crippen LogP contribution is -2.22. The number of methoxy groups -OCH3 is 1. The molecule has 2 aromatic heterocycles. The maximum Gasteiger partial charge on any atom is 0.264 e. The van der Waals surface area contributed by atoms with Gasteiger partial charge in [-0.3, -0.25) is 4.79 Å². The fourth-order valence-corrected chi connectivity index (χ4v) is 4.19. The van der Waals surface area contributed by atoms with Gasteiger partial charge in [0, 0.05) is 5.39 Å². The molecule has 0 unspecified atom stereocenters. The number of nitrogens with zero attached hydrogens (tertiary/aromatic N) is 3. The predicted octanol–water partition coefficient (Wildman–Crippen LogP) is 4.60. The minimum Gasteiger partial charge on any atom is -0.497 e. The molecule has 0 amide bonds. The Morgan fingerprint density at radius 1 is 1.00 bits per heavy atom. The molecule has 5 aromatic rings. The van der Waals surface area contributed by atoms with Crippen molar-refractivity contribution in [2.75, 3.05) is 12.8 Å². The fourth-order valence-electron chi connectivity index (χ4n) is 4.19. The van der Waals surface area contributed by atoms with Crippen LogP contribution in [0.4, 0.5) is 5.82 Å². The topological polar surface area (TPSA) is 75.1 Å². The first kappa shape index (κ1) is 19.9. The molecule has 5 rings (SSSR count). The van der Waals surface area contributed by atoms with Gasteiger partial charge in [0.2, 0.25) is 0 Å². The van der Waals surface area contributed by atoms with E-state index in [1.165, 1.54) is 0 Å². The van der Waals surface area contributed by atoms with E-state index >= 15 is 0 Å². The molecule has 0 aliphatic rings. The standard InChI is InChI=1S/C26H24N4O2/c1-16-8-9-17(2)22(14-16)30-25(27)23-24(28-30)20-6-4-5-7-21(20)29(26(23)31)15-18-10-12-19(32-3)13-11-18/h4-14H,15,27H2,1-3H3. The average Bonchev–Trinajstić information content (AvgIpc) is 3.16. The lowest BCUT2D eigenvalue weighted by Gasteiger charge is -2.12. The van der Waals surface area contributed by atoms with Crippen LogP contribution in [-0.2, 0) is 6.54 Å². The third-order valence-electron chi connectivity index (χ3n) is 5.92. The summed E-state index contributed by atoms with van der Waals surface area (Å²) in [4.78, 5) is 13.7. The molecule has 0 fully saturated rings. The summed E-state index contributed by atoms with van der Waals surface area (Å²) in [7, 11) is 1.64. The normalized spacial score (nSPS) is 11.3. The molecule has 3 aromatic carbocycles. The summed E-state index contributed by atoms with van der Waals surface area (Å²) in [5.41, 5.74) is 11.9. The van der Waals surface area contributed by atoms with Crippen molar-refractivity contribution in [3.8, 4) is 11.4 Å². The highest BCUT2D eigenvalue weighted by atomic mass is 16.5. The van der Waals surface area contributed by atoms with Crippen LogP contribution < -0.4 is 16.0 Å². The smallest absolute Gasteiger partial charge is 0.264 e. The summed E-state index contributed by atoms with van der Waals surface area (Å²) in [6.07, 6.45) is 0. The Bertz CT molecular complexity index is 1530. The van der Waals surface area contributed by atoms with Crippen molar-refractivity contribution in [1.82, 2.24) is 14.3 Å². The second kappa shape index (κ2) is 7.57. The summed E-state index contributed by atoms with van der Waals surface area (Å²) < 4.78 is 8.72. The second-order valence-electron chi connectivity index (χ2n) is 8.07. The average molecular weight is 425 g/mol. The Hall–Kier alpha value is -4.06. The van der Waals surface area contributed by atoms with E-state index < -0.39 is 0 Å². The molecule has 0 saturated heterocycles. The third-order valence-corrected chi connectivity index (χ3v) is 5.92. The number of para-hydroxylation sites is 1. The molecule has 0 spiro atoms. The van der Waals surface area contributed by atoms with Crippen molar-refractivity contribution < 1.29 is 4.74 Å². The number of anilines is 1. The molecule has 0 radical (unpaired) electrons. The van der Waals surface area contributed by atoms with Gasteiger partial charge in [-0.2, -0.15) is 5.10 Å². The third kappa shape index (κ3) is 3.12. The lowest BCUT2D eigenvalue weighted by molar-refractivity contribution is 0.414. The molecular weight excluding hydrogens is 400 g/mol. The Balaban J connectivity index is 1.78. The molecule has 2 heterocycles. The van der Waals surface area contributed by atoms with E-state index in [9.17, 15) is 4.79 Å². The molecule has 6 nitrogen and oxygen atoms in total. The number of pyridine rings is 1. The van der Waals surface area contributed by atoms with Crippen LogP contribution in [0.25, 0.3) is 27.5 Å². The van der Waals surface area contributed by atoms with Gasteiger partial charge in [0.15, 0.2) is 0 Å². The number of fused-ring (bicyclic) bond motifs is 3. The van der Waals surface area contributed by atoms with Gasteiger partial charge in [-0.15, -0.1) is 0 Å². The molecule has 32 heavy (non-hydrogen) atoms. The Morgan fingerprint density at radius 2 is 1.75 bits per heavy atom. The van der Waals surface area contributed by atoms with Crippen LogP contribution in [0.3, 0.4) is 0 Å². The van der Waals surface area contributed by atoms with Gasteiger partial charge in [0.1, 0.15) is 22.5 Å². The van der Waals surface area contributed by atoms with E-state index in [1.807, 2.05) is 74.5 Å². The van der Waals surface area contributed by atoms with E-state index in [4.69, 9.17) is 15.6 Å². The van der Waals surface area contributed by atoms with E-state index in [-0.39, 0.29) is 5.56 Å². The molecule has 160 valence electrons. The van der Waals surface area contributed by atoms with Crippen LogP contribution >= 0.6 is 0 Å². The summed E-state index contributed by atoms with van der Waals surface area (Å²) >= 11 is 0. The van der Waals surface area contributed by atoms with Crippen LogP contribution in [0, 0.1) is 13.8 Å². The van der Waals surface area contributed by atoms with Crippen molar-refractivity contribution in [2.45, 2.75) is 20.4 Å². The van der Waals surface area contributed by atoms with E-state index in [1.54, 1.807) is 16.4 Å². The molecule has 0 atom stereocenters. The molecule has 6 heteroatoms. The summed E-state index contributed by atoms with van der Waals surface area (Å²) in [6, 6.07) is 21.7. The number of ether oxygens (including phenoxy) is 1. The van der Waals surface area contributed by atoms with Gasteiger partial charge in [-0.1, -0.05) is 42.5 Å². The Kier molecular flexibility index (Phi) is 4.70. The number of nitrogens with two attached hydrogens (primary N) is 1. The number of nitrogen functional groups attached to an aromatic ring is 1. The molecule has 0 bridgehead atoms. The van der Waals surface area contributed by atoms with Gasteiger partial charge in [0.05, 0.1) is 24.9 Å². The predicted molar refractivity (Wildman–Crippen MR) is 129 cm³/mol. The van der Waals surface area contributed by atoms with Gasteiger partial charge in [0.25, 0.3) is 5.56 Å². The maximum absolute atomic E-state index is 13.7. The Morgan fingerprint density at radius 3 is 2.50 bits per heavy atom. The summed E-state index contributed by atoms with van der Waals surface area (Å²) in [5.74, 6) is 1.13. The van der Waals surface area contributed by atoms with Crippen molar-refractivity contribution in [3.63, 3.8) is 0 Å². The highest BCUT2D eigenvalue weighted by molar-refractivity contribution is 6.07. The van der Waals surface area contributed by atoms with Gasteiger partial charge in [-0.05, 0) is 54.8 Å². The van der Waals surface area contributed by atoms with Crippen molar-refractivity contribution in [2.24, 2.45) is 0 Å². The van der Waals surface area contributed by atoms with E-state index in [2.05, 4.69) is 6.07 Å².